The molecule has 0 aliphatic heterocycles. The van der Waals surface area contributed by atoms with Crippen molar-refractivity contribution in [3.63, 3.8) is 0 Å². The van der Waals surface area contributed by atoms with Gasteiger partial charge in [-0.2, -0.15) is 8.78 Å². The van der Waals surface area contributed by atoms with E-state index in [4.69, 9.17) is 5.11 Å². The number of hydrogen-bond donors (Lipinski definition) is 1. The van der Waals surface area contributed by atoms with E-state index >= 15 is 0 Å². The van der Waals surface area contributed by atoms with Crippen LogP contribution in [0.15, 0.2) is 48.5 Å². The number of ketones is 1. The summed E-state index contributed by atoms with van der Waals surface area (Å²) in [7, 11) is 0. The lowest BCUT2D eigenvalue weighted by atomic mass is 9.98. The Labute approximate surface area is 125 Å². The molecule has 2 aromatic rings. The van der Waals surface area contributed by atoms with Gasteiger partial charge < -0.3 is 9.84 Å². The minimum absolute atomic E-state index is 0.0492. The smallest absolute Gasteiger partial charge is 0.387 e. The Hall–Kier alpha value is -2.76. The lowest BCUT2D eigenvalue weighted by Crippen LogP contribution is -2.11. The summed E-state index contributed by atoms with van der Waals surface area (Å²) in [6.07, 6.45) is -0.106. The van der Waals surface area contributed by atoms with E-state index in [2.05, 4.69) is 4.74 Å². The lowest BCUT2D eigenvalue weighted by Gasteiger charge is -2.08. The third-order valence-corrected chi connectivity index (χ3v) is 2.95. The highest BCUT2D eigenvalue weighted by Crippen LogP contribution is 2.18. The number of carbonyl (C=O) groups is 2. The summed E-state index contributed by atoms with van der Waals surface area (Å²) in [5.41, 5.74) is 0.450. The maximum Gasteiger partial charge on any atom is 0.387 e. The van der Waals surface area contributed by atoms with E-state index in [-0.39, 0.29) is 23.3 Å². The molecule has 0 amide bonds. The van der Waals surface area contributed by atoms with Crippen molar-refractivity contribution in [1.82, 2.24) is 0 Å². The molecule has 0 spiro atoms. The summed E-state index contributed by atoms with van der Waals surface area (Å²) in [5, 5.41) is 9.07. The number of carboxylic acid groups (broad SMARTS) is 1. The Kier molecular flexibility index (Phi) is 4.83. The number of benzene rings is 2. The second-order valence-corrected chi connectivity index (χ2v) is 4.48. The molecule has 0 bridgehead atoms. The summed E-state index contributed by atoms with van der Waals surface area (Å²) in [6, 6.07) is 11.6. The molecule has 2 rings (SSSR count). The summed E-state index contributed by atoms with van der Waals surface area (Å²) < 4.78 is 28.6. The quantitative estimate of drug-likeness (QED) is 0.831. The van der Waals surface area contributed by atoms with Crippen LogP contribution in [0, 0.1) is 0 Å². The first-order chi connectivity index (χ1) is 10.5. The minimum Gasteiger partial charge on any atom is -0.478 e. The molecule has 2 aromatic carbocycles. The second-order valence-electron chi connectivity index (χ2n) is 4.48. The van der Waals surface area contributed by atoms with E-state index in [0.29, 0.717) is 5.56 Å². The van der Waals surface area contributed by atoms with Crippen LogP contribution < -0.4 is 4.74 Å². The largest absolute Gasteiger partial charge is 0.478 e. The second kappa shape index (κ2) is 6.80. The zero-order chi connectivity index (χ0) is 16.1. The Morgan fingerprint density at radius 3 is 2.36 bits per heavy atom. The number of Topliss-reactive ketones (excluding diaryl/α,β-unsaturated/α-hetero) is 1. The SMILES string of the molecule is O=C(O)c1ccccc1C(=O)Cc1cccc(OC(F)F)c1. The zero-order valence-electron chi connectivity index (χ0n) is 11.3. The highest BCUT2D eigenvalue weighted by molar-refractivity contribution is 6.06. The molecule has 114 valence electrons. The molecule has 6 heteroatoms. The fourth-order valence-electron chi connectivity index (χ4n) is 2.03. The van der Waals surface area contributed by atoms with Crippen molar-refractivity contribution < 1.29 is 28.2 Å². The van der Waals surface area contributed by atoms with E-state index in [9.17, 15) is 18.4 Å². The minimum atomic E-state index is -2.95. The van der Waals surface area contributed by atoms with Gasteiger partial charge in [0.2, 0.25) is 0 Å². The Bertz CT molecular complexity index is 698. The van der Waals surface area contributed by atoms with Gasteiger partial charge in [-0.3, -0.25) is 4.79 Å². The van der Waals surface area contributed by atoms with Gasteiger partial charge in [-0.1, -0.05) is 30.3 Å². The van der Waals surface area contributed by atoms with Gasteiger partial charge >= 0.3 is 12.6 Å². The van der Waals surface area contributed by atoms with E-state index in [0.717, 1.165) is 0 Å². The Balaban J connectivity index is 2.21. The number of aromatic carboxylic acids is 1. The van der Waals surface area contributed by atoms with Crippen LogP contribution >= 0.6 is 0 Å². The molecule has 0 aliphatic rings. The van der Waals surface area contributed by atoms with Crippen LogP contribution in [-0.4, -0.2) is 23.5 Å². The van der Waals surface area contributed by atoms with E-state index in [1.165, 1.54) is 36.4 Å². The topological polar surface area (TPSA) is 63.6 Å². The molecule has 0 saturated heterocycles. The highest BCUT2D eigenvalue weighted by Gasteiger charge is 2.16. The number of ether oxygens (including phenoxy) is 1. The molecule has 22 heavy (non-hydrogen) atoms. The molecular formula is C16H12F2O4. The summed E-state index contributed by atoms with van der Waals surface area (Å²) in [5.74, 6) is -1.65. The Morgan fingerprint density at radius 1 is 1.05 bits per heavy atom. The molecule has 0 heterocycles. The molecule has 4 nitrogen and oxygen atoms in total. The van der Waals surface area contributed by atoms with E-state index in [1.807, 2.05) is 0 Å². The van der Waals surface area contributed by atoms with Crippen molar-refractivity contribution in [2.24, 2.45) is 0 Å². The number of carbonyl (C=O) groups excluding carboxylic acids is 1. The molecule has 1 N–H and O–H groups in total. The average Bonchev–Trinajstić information content (AvgIpc) is 2.46. The molecule has 0 aromatic heterocycles. The third kappa shape index (κ3) is 3.88. The predicted molar refractivity (Wildman–Crippen MR) is 74.5 cm³/mol. The van der Waals surface area contributed by atoms with Gasteiger partial charge in [-0.05, 0) is 23.8 Å². The van der Waals surface area contributed by atoms with Crippen LogP contribution in [0.1, 0.15) is 26.3 Å². The van der Waals surface area contributed by atoms with Crippen LogP contribution in [0.4, 0.5) is 8.78 Å². The first kappa shape index (κ1) is 15.6. The standard InChI is InChI=1S/C16H12F2O4/c17-16(18)22-11-5-3-4-10(8-11)9-14(19)12-6-1-2-7-13(12)15(20)21/h1-8,16H,9H2,(H,20,21). The highest BCUT2D eigenvalue weighted by atomic mass is 19.3. The third-order valence-electron chi connectivity index (χ3n) is 2.95. The van der Waals surface area contributed by atoms with Gasteiger partial charge in [0.25, 0.3) is 0 Å². The van der Waals surface area contributed by atoms with Crippen molar-refractivity contribution in [2.75, 3.05) is 0 Å². The summed E-state index contributed by atoms with van der Waals surface area (Å²) in [6.45, 7) is -2.95. The van der Waals surface area contributed by atoms with Crippen molar-refractivity contribution >= 4 is 11.8 Å². The lowest BCUT2D eigenvalue weighted by molar-refractivity contribution is -0.0498. The van der Waals surface area contributed by atoms with Crippen LogP contribution in [0.25, 0.3) is 0 Å². The fraction of sp³-hybridized carbons (Fsp3) is 0.125. The van der Waals surface area contributed by atoms with Crippen LogP contribution in [0.3, 0.4) is 0 Å². The van der Waals surface area contributed by atoms with Gasteiger partial charge in [-0.15, -0.1) is 0 Å². The maximum absolute atomic E-state index is 12.2. The predicted octanol–water partition coefficient (Wildman–Crippen LogP) is 3.41. The number of carboxylic acids is 1. The van der Waals surface area contributed by atoms with Gasteiger partial charge in [0, 0.05) is 12.0 Å². The van der Waals surface area contributed by atoms with Crippen LogP contribution in [0.2, 0.25) is 0 Å². The van der Waals surface area contributed by atoms with E-state index in [1.54, 1.807) is 12.1 Å². The molecule has 0 radical (unpaired) electrons. The molecule has 0 saturated carbocycles. The Morgan fingerprint density at radius 2 is 1.73 bits per heavy atom. The first-order valence-electron chi connectivity index (χ1n) is 6.36. The first-order valence-corrected chi connectivity index (χ1v) is 6.36. The monoisotopic (exact) mass is 306 g/mol. The number of rotatable bonds is 6. The van der Waals surface area contributed by atoms with Crippen LogP contribution in [-0.2, 0) is 6.42 Å². The van der Waals surface area contributed by atoms with Gasteiger partial charge in [-0.25, -0.2) is 4.79 Å². The number of alkyl halides is 2. The number of halogens is 2. The van der Waals surface area contributed by atoms with Crippen molar-refractivity contribution in [2.45, 2.75) is 13.0 Å². The van der Waals surface area contributed by atoms with Gasteiger partial charge in [0.05, 0.1) is 5.56 Å². The molecule has 0 atom stereocenters. The van der Waals surface area contributed by atoms with Crippen molar-refractivity contribution in [3.05, 3.63) is 65.2 Å². The summed E-state index contributed by atoms with van der Waals surface area (Å²) in [4.78, 5) is 23.3. The van der Waals surface area contributed by atoms with Gasteiger partial charge in [0.1, 0.15) is 5.75 Å². The zero-order valence-corrected chi connectivity index (χ0v) is 11.3. The fourth-order valence-corrected chi connectivity index (χ4v) is 2.03. The maximum atomic E-state index is 12.2. The normalized spacial score (nSPS) is 10.5. The van der Waals surface area contributed by atoms with E-state index < -0.39 is 18.4 Å². The average molecular weight is 306 g/mol. The number of hydrogen-bond acceptors (Lipinski definition) is 3. The molecular weight excluding hydrogens is 294 g/mol. The summed E-state index contributed by atoms with van der Waals surface area (Å²) >= 11 is 0. The molecule has 0 unspecified atom stereocenters. The molecule has 0 fully saturated rings. The van der Waals surface area contributed by atoms with Gasteiger partial charge in [0.15, 0.2) is 5.78 Å². The van der Waals surface area contributed by atoms with Crippen molar-refractivity contribution in [3.8, 4) is 5.75 Å². The van der Waals surface area contributed by atoms with Crippen molar-refractivity contribution in [1.29, 1.82) is 0 Å². The van der Waals surface area contributed by atoms with Crippen LogP contribution in [0.5, 0.6) is 5.75 Å². The molecule has 0 aliphatic carbocycles.